The highest BCUT2D eigenvalue weighted by atomic mass is 79.9. The number of phenols is 1. The summed E-state index contributed by atoms with van der Waals surface area (Å²) >= 11 is 12.3. The average molecular weight is 457 g/mol. The summed E-state index contributed by atoms with van der Waals surface area (Å²) in [4.78, 5) is 4.02. The number of aromatic hydroxyl groups is 1. The molecule has 0 unspecified atom stereocenters. The molecule has 0 aromatic heterocycles. The van der Waals surface area contributed by atoms with Crippen molar-refractivity contribution in [2.24, 2.45) is 4.99 Å². The van der Waals surface area contributed by atoms with Crippen molar-refractivity contribution in [3.05, 3.63) is 55.4 Å². The predicted molar refractivity (Wildman–Crippen MR) is 87.2 cm³/mol. The Morgan fingerprint density at radius 2 is 1.82 bits per heavy atom. The number of aliphatic imine (C=N–C) groups is 1. The molecule has 0 bridgehead atoms. The lowest BCUT2D eigenvalue weighted by Gasteiger charge is -2.08. The summed E-state index contributed by atoms with van der Waals surface area (Å²) in [6.45, 7) is 0. The maximum absolute atomic E-state index is 12.6. The fourth-order valence-electron chi connectivity index (χ4n) is 1.61. The Morgan fingerprint density at radius 1 is 1.14 bits per heavy atom. The second kappa shape index (κ2) is 6.60. The van der Waals surface area contributed by atoms with E-state index >= 15 is 0 Å². The molecule has 0 amide bonds. The van der Waals surface area contributed by atoms with Gasteiger partial charge in [-0.2, -0.15) is 13.2 Å². The SMILES string of the molecule is Oc1c(Br)cc(Br)cc1/C=N/c1ccc(C(F)(F)F)cc1Cl. The van der Waals surface area contributed by atoms with Crippen molar-refractivity contribution in [1.29, 1.82) is 0 Å². The molecule has 0 aliphatic heterocycles. The second-order valence-electron chi connectivity index (χ2n) is 4.25. The number of halogens is 6. The van der Waals surface area contributed by atoms with E-state index in [1.807, 2.05) is 0 Å². The number of alkyl halides is 3. The van der Waals surface area contributed by atoms with Crippen LogP contribution >= 0.6 is 43.5 Å². The quantitative estimate of drug-likeness (QED) is 0.525. The molecule has 8 heteroatoms. The molecule has 0 radical (unpaired) electrons. The monoisotopic (exact) mass is 455 g/mol. The molecule has 0 aliphatic rings. The first-order valence-corrected chi connectivity index (χ1v) is 7.73. The zero-order chi connectivity index (χ0) is 16.5. The molecule has 0 saturated carbocycles. The number of nitrogens with zero attached hydrogens (tertiary/aromatic N) is 1. The Labute approximate surface area is 145 Å². The molecule has 2 aromatic carbocycles. The van der Waals surface area contributed by atoms with E-state index in [0.29, 0.717) is 14.5 Å². The molecule has 0 saturated heterocycles. The van der Waals surface area contributed by atoms with Gasteiger partial charge in [0.1, 0.15) is 5.75 Å². The Balaban J connectivity index is 2.35. The highest BCUT2D eigenvalue weighted by Gasteiger charge is 2.30. The molecule has 0 atom stereocenters. The van der Waals surface area contributed by atoms with Crippen LogP contribution in [0.4, 0.5) is 18.9 Å². The van der Waals surface area contributed by atoms with Gasteiger partial charge in [0.25, 0.3) is 0 Å². The summed E-state index contributed by atoms with van der Waals surface area (Å²) in [5.41, 5.74) is -0.285. The van der Waals surface area contributed by atoms with E-state index in [-0.39, 0.29) is 16.5 Å². The number of benzene rings is 2. The van der Waals surface area contributed by atoms with Gasteiger partial charge in [0.15, 0.2) is 0 Å². The number of hydrogen-bond donors (Lipinski definition) is 1. The fourth-order valence-corrected chi connectivity index (χ4v) is 3.10. The van der Waals surface area contributed by atoms with Gasteiger partial charge < -0.3 is 5.11 Å². The molecule has 22 heavy (non-hydrogen) atoms. The maximum Gasteiger partial charge on any atom is 0.416 e. The van der Waals surface area contributed by atoms with Gasteiger partial charge in [-0.3, -0.25) is 4.99 Å². The lowest BCUT2D eigenvalue weighted by Crippen LogP contribution is -2.04. The van der Waals surface area contributed by atoms with E-state index in [1.54, 1.807) is 12.1 Å². The molecular formula is C14H7Br2ClF3NO. The highest BCUT2D eigenvalue weighted by Crippen LogP contribution is 2.35. The number of hydrogen-bond acceptors (Lipinski definition) is 2. The van der Waals surface area contributed by atoms with Gasteiger partial charge in [-0.25, -0.2) is 0 Å². The molecule has 2 rings (SSSR count). The first kappa shape index (κ1) is 17.3. The smallest absolute Gasteiger partial charge is 0.416 e. The van der Waals surface area contributed by atoms with Gasteiger partial charge >= 0.3 is 6.18 Å². The van der Waals surface area contributed by atoms with Crippen molar-refractivity contribution in [2.75, 3.05) is 0 Å². The van der Waals surface area contributed by atoms with E-state index in [1.165, 1.54) is 12.3 Å². The average Bonchev–Trinajstić information content (AvgIpc) is 2.41. The number of rotatable bonds is 2. The standard InChI is InChI=1S/C14H7Br2ClF3NO/c15-9-3-7(13(22)10(16)5-9)6-21-12-2-1-8(4-11(12)17)14(18,19)20/h1-6,22H/b21-6+. The van der Waals surface area contributed by atoms with Crippen LogP contribution in [0.2, 0.25) is 5.02 Å². The van der Waals surface area contributed by atoms with Crippen LogP contribution in [0.1, 0.15) is 11.1 Å². The largest absolute Gasteiger partial charge is 0.506 e. The van der Waals surface area contributed by atoms with Crippen molar-refractivity contribution in [3.63, 3.8) is 0 Å². The van der Waals surface area contributed by atoms with Crippen LogP contribution in [0.25, 0.3) is 0 Å². The second-order valence-corrected chi connectivity index (χ2v) is 6.42. The predicted octanol–water partition coefficient (Wildman–Crippen LogP) is 6.34. The van der Waals surface area contributed by atoms with Crippen LogP contribution in [0.15, 0.2) is 44.3 Å². The van der Waals surface area contributed by atoms with Gasteiger partial charge in [0.05, 0.1) is 20.7 Å². The fraction of sp³-hybridized carbons (Fsp3) is 0.0714. The summed E-state index contributed by atoms with van der Waals surface area (Å²) in [5, 5.41) is 9.75. The van der Waals surface area contributed by atoms with Crippen molar-refractivity contribution in [1.82, 2.24) is 0 Å². The topological polar surface area (TPSA) is 32.6 Å². The van der Waals surface area contributed by atoms with E-state index in [9.17, 15) is 18.3 Å². The summed E-state index contributed by atoms with van der Waals surface area (Å²) < 4.78 is 38.8. The van der Waals surface area contributed by atoms with Crippen LogP contribution in [-0.4, -0.2) is 11.3 Å². The van der Waals surface area contributed by atoms with E-state index in [0.717, 1.165) is 12.1 Å². The van der Waals surface area contributed by atoms with Gasteiger partial charge in [0.2, 0.25) is 0 Å². The minimum Gasteiger partial charge on any atom is -0.506 e. The van der Waals surface area contributed by atoms with Crippen molar-refractivity contribution >= 4 is 55.4 Å². The van der Waals surface area contributed by atoms with Crippen LogP contribution in [0.5, 0.6) is 5.75 Å². The third-order valence-electron chi connectivity index (χ3n) is 2.68. The lowest BCUT2D eigenvalue weighted by atomic mass is 10.2. The molecular weight excluding hydrogens is 450 g/mol. The summed E-state index contributed by atoms with van der Waals surface area (Å²) in [6.07, 6.45) is -3.14. The Bertz CT molecular complexity index is 748. The molecule has 0 aliphatic carbocycles. The van der Waals surface area contributed by atoms with E-state index in [4.69, 9.17) is 11.6 Å². The van der Waals surface area contributed by atoms with Gasteiger partial charge in [-0.05, 0) is 46.3 Å². The minimum atomic E-state index is -4.46. The zero-order valence-corrected chi connectivity index (χ0v) is 14.6. The number of phenolic OH excluding ortho intramolecular Hbond substituents is 1. The van der Waals surface area contributed by atoms with Crippen LogP contribution < -0.4 is 0 Å². The Morgan fingerprint density at radius 3 is 2.41 bits per heavy atom. The van der Waals surface area contributed by atoms with Crippen LogP contribution in [-0.2, 0) is 6.18 Å². The van der Waals surface area contributed by atoms with E-state index < -0.39 is 11.7 Å². The normalized spacial score (nSPS) is 12.1. The first-order valence-electron chi connectivity index (χ1n) is 5.77. The Kier molecular flexibility index (Phi) is 5.19. The zero-order valence-electron chi connectivity index (χ0n) is 10.6. The highest BCUT2D eigenvalue weighted by molar-refractivity contribution is 9.11. The summed E-state index contributed by atoms with van der Waals surface area (Å²) in [6, 6.07) is 6.14. The first-order chi connectivity index (χ1) is 10.2. The van der Waals surface area contributed by atoms with Crippen molar-refractivity contribution < 1.29 is 18.3 Å². The molecule has 2 aromatic rings. The van der Waals surface area contributed by atoms with Crippen LogP contribution in [0, 0.1) is 0 Å². The molecule has 1 N–H and O–H groups in total. The van der Waals surface area contributed by atoms with Crippen LogP contribution in [0.3, 0.4) is 0 Å². The Hall–Kier alpha value is -1.05. The maximum atomic E-state index is 12.6. The van der Waals surface area contributed by atoms with Crippen molar-refractivity contribution in [3.8, 4) is 5.75 Å². The van der Waals surface area contributed by atoms with Crippen molar-refractivity contribution in [2.45, 2.75) is 6.18 Å². The third-order valence-corrected chi connectivity index (χ3v) is 4.04. The van der Waals surface area contributed by atoms with Gasteiger partial charge in [0, 0.05) is 16.3 Å². The molecule has 0 fully saturated rings. The molecule has 0 heterocycles. The molecule has 2 nitrogen and oxygen atoms in total. The molecule has 116 valence electrons. The summed E-state index contributed by atoms with van der Waals surface area (Å²) in [5.74, 6) is -0.0324. The minimum absolute atomic E-state index is 0.0324. The summed E-state index contributed by atoms with van der Waals surface area (Å²) in [7, 11) is 0. The van der Waals surface area contributed by atoms with Gasteiger partial charge in [-0.15, -0.1) is 0 Å². The third kappa shape index (κ3) is 4.02. The lowest BCUT2D eigenvalue weighted by molar-refractivity contribution is -0.137. The van der Waals surface area contributed by atoms with Gasteiger partial charge in [-0.1, -0.05) is 27.5 Å². The van der Waals surface area contributed by atoms with E-state index in [2.05, 4.69) is 36.9 Å². The molecule has 0 spiro atoms.